The number of hydrogen-bond donors (Lipinski definition) is 2. The Bertz CT molecular complexity index is 676. The molecule has 2 aromatic carbocycles. The molecule has 132 valence electrons. The second-order valence-electron chi connectivity index (χ2n) is 7.45. The third kappa shape index (κ3) is 4.49. The average molecular weight is 337 g/mol. The van der Waals surface area contributed by atoms with Gasteiger partial charge in [-0.05, 0) is 48.6 Å². The van der Waals surface area contributed by atoms with Crippen LogP contribution in [0.4, 0.5) is 0 Å². The minimum Gasteiger partial charge on any atom is -0.480 e. The number of aliphatic carboxylic acids is 1. The minimum atomic E-state index is -0.764. The highest BCUT2D eigenvalue weighted by Crippen LogP contribution is 2.39. The summed E-state index contributed by atoms with van der Waals surface area (Å²) in [7, 11) is 0. The molecular formula is C22H27NO2. The minimum absolute atomic E-state index is 0.206. The Morgan fingerprint density at radius 1 is 1.08 bits per heavy atom. The van der Waals surface area contributed by atoms with Crippen LogP contribution in [0.25, 0.3) is 0 Å². The van der Waals surface area contributed by atoms with E-state index in [2.05, 4.69) is 42.6 Å². The molecule has 1 saturated carbocycles. The van der Waals surface area contributed by atoms with E-state index in [1.807, 2.05) is 30.3 Å². The molecule has 0 amide bonds. The molecule has 25 heavy (non-hydrogen) atoms. The first kappa shape index (κ1) is 17.7. The van der Waals surface area contributed by atoms with Crippen LogP contribution in [0.3, 0.4) is 0 Å². The Balaban J connectivity index is 1.59. The number of rotatable bonds is 6. The standard InChI is InChI=1S/C22H27NO2/c1-22(18-10-6-3-7-11-18)14-12-19(13-15-22)23-20(21(24)25)16-17-8-4-2-5-9-17/h2-11,19-20,23H,12-16H2,1H3,(H,24,25)/t19?,20-,22?/m1/s1. The van der Waals surface area contributed by atoms with Crippen molar-refractivity contribution in [3.05, 3.63) is 71.8 Å². The van der Waals surface area contributed by atoms with Gasteiger partial charge in [-0.25, -0.2) is 0 Å². The summed E-state index contributed by atoms with van der Waals surface area (Å²) in [5, 5.41) is 13.0. The second kappa shape index (κ2) is 7.83. The van der Waals surface area contributed by atoms with Gasteiger partial charge in [-0.2, -0.15) is 0 Å². The van der Waals surface area contributed by atoms with Crippen LogP contribution in [0.5, 0.6) is 0 Å². The summed E-state index contributed by atoms with van der Waals surface area (Å²) in [6.45, 7) is 2.33. The van der Waals surface area contributed by atoms with Crippen molar-refractivity contribution in [2.24, 2.45) is 0 Å². The molecule has 0 aromatic heterocycles. The molecule has 2 N–H and O–H groups in total. The van der Waals surface area contributed by atoms with Crippen LogP contribution in [-0.2, 0) is 16.6 Å². The van der Waals surface area contributed by atoms with Gasteiger partial charge in [-0.3, -0.25) is 4.79 Å². The van der Waals surface area contributed by atoms with Gasteiger partial charge in [0.15, 0.2) is 0 Å². The number of nitrogens with one attached hydrogen (secondary N) is 1. The van der Waals surface area contributed by atoms with Gasteiger partial charge >= 0.3 is 5.97 Å². The Labute approximate surface area is 150 Å². The highest BCUT2D eigenvalue weighted by molar-refractivity contribution is 5.74. The van der Waals surface area contributed by atoms with Crippen molar-refractivity contribution in [1.29, 1.82) is 0 Å². The number of carboxylic acid groups (broad SMARTS) is 1. The summed E-state index contributed by atoms with van der Waals surface area (Å²) in [6.07, 6.45) is 4.75. The van der Waals surface area contributed by atoms with E-state index in [-0.39, 0.29) is 11.5 Å². The number of benzene rings is 2. The Hall–Kier alpha value is -2.13. The van der Waals surface area contributed by atoms with Crippen molar-refractivity contribution < 1.29 is 9.90 Å². The molecule has 0 unspecified atom stereocenters. The van der Waals surface area contributed by atoms with Crippen molar-refractivity contribution in [1.82, 2.24) is 5.32 Å². The van der Waals surface area contributed by atoms with Crippen molar-refractivity contribution >= 4 is 5.97 Å². The zero-order chi connectivity index (χ0) is 17.7. The number of carbonyl (C=O) groups is 1. The quantitative estimate of drug-likeness (QED) is 0.831. The van der Waals surface area contributed by atoms with Gasteiger partial charge in [0, 0.05) is 6.04 Å². The zero-order valence-electron chi connectivity index (χ0n) is 14.8. The van der Waals surface area contributed by atoms with Crippen LogP contribution in [0.1, 0.15) is 43.7 Å². The first-order chi connectivity index (χ1) is 12.1. The molecule has 0 radical (unpaired) electrons. The van der Waals surface area contributed by atoms with Crippen molar-refractivity contribution in [2.75, 3.05) is 0 Å². The smallest absolute Gasteiger partial charge is 0.321 e. The van der Waals surface area contributed by atoms with Gasteiger partial charge in [0.1, 0.15) is 6.04 Å². The first-order valence-corrected chi connectivity index (χ1v) is 9.15. The highest BCUT2D eigenvalue weighted by atomic mass is 16.4. The molecule has 0 bridgehead atoms. The molecule has 0 spiro atoms. The summed E-state index contributed by atoms with van der Waals surface area (Å²) < 4.78 is 0. The summed E-state index contributed by atoms with van der Waals surface area (Å²) in [5.74, 6) is -0.764. The van der Waals surface area contributed by atoms with Crippen LogP contribution in [0, 0.1) is 0 Å². The molecule has 3 heteroatoms. The van der Waals surface area contributed by atoms with E-state index in [9.17, 15) is 9.90 Å². The lowest BCUT2D eigenvalue weighted by atomic mass is 9.69. The Morgan fingerprint density at radius 2 is 1.64 bits per heavy atom. The van der Waals surface area contributed by atoms with Gasteiger partial charge in [-0.15, -0.1) is 0 Å². The third-order valence-corrected chi connectivity index (χ3v) is 5.58. The predicted molar refractivity (Wildman–Crippen MR) is 101 cm³/mol. The van der Waals surface area contributed by atoms with Crippen LogP contribution in [0.15, 0.2) is 60.7 Å². The number of hydrogen-bond acceptors (Lipinski definition) is 2. The van der Waals surface area contributed by atoms with E-state index in [1.165, 1.54) is 5.56 Å². The van der Waals surface area contributed by atoms with E-state index in [1.54, 1.807) is 0 Å². The highest BCUT2D eigenvalue weighted by Gasteiger charge is 2.34. The number of carboxylic acids is 1. The molecule has 0 saturated heterocycles. The molecule has 2 aromatic rings. The molecule has 0 aliphatic heterocycles. The van der Waals surface area contributed by atoms with Gasteiger partial charge in [0.2, 0.25) is 0 Å². The van der Waals surface area contributed by atoms with Crippen molar-refractivity contribution in [3.8, 4) is 0 Å². The van der Waals surface area contributed by atoms with E-state index in [0.717, 1.165) is 31.2 Å². The molecule has 3 nitrogen and oxygen atoms in total. The Morgan fingerprint density at radius 3 is 2.20 bits per heavy atom. The molecule has 0 heterocycles. The fraction of sp³-hybridized carbons (Fsp3) is 0.409. The monoisotopic (exact) mass is 337 g/mol. The molecule has 1 aliphatic rings. The van der Waals surface area contributed by atoms with Crippen LogP contribution in [-0.4, -0.2) is 23.2 Å². The van der Waals surface area contributed by atoms with E-state index >= 15 is 0 Å². The van der Waals surface area contributed by atoms with Crippen LogP contribution >= 0.6 is 0 Å². The normalized spacial score (nSPS) is 24.6. The summed E-state index contributed by atoms with van der Waals surface area (Å²) in [6, 6.07) is 20.3. The first-order valence-electron chi connectivity index (χ1n) is 9.15. The van der Waals surface area contributed by atoms with Crippen molar-refractivity contribution in [2.45, 2.75) is 56.5 Å². The molecule has 1 atom stereocenters. The predicted octanol–water partition coefficient (Wildman–Crippen LogP) is 4.17. The maximum atomic E-state index is 11.7. The SMILES string of the molecule is CC1(c2ccccc2)CCC(N[C@H](Cc2ccccc2)C(=O)O)CC1. The lowest BCUT2D eigenvalue weighted by molar-refractivity contribution is -0.139. The molecule has 3 rings (SSSR count). The fourth-order valence-corrected chi connectivity index (χ4v) is 3.90. The van der Waals surface area contributed by atoms with Crippen LogP contribution in [0.2, 0.25) is 0 Å². The average Bonchev–Trinajstić information content (AvgIpc) is 2.64. The maximum Gasteiger partial charge on any atom is 0.321 e. The largest absolute Gasteiger partial charge is 0.480 e. The molecule has 1 fully saturated rings. The van der Waals surface area contributed by atoms with E-state index < -0.39 is 12.0 Å². The van der Waals surface area contributed by atoms with Crippen molar-refractivity contribution in [3.63, 3.8) is 0 Å². The van der Waals surface area contributed by atoms with Gasteiger partial charge < -0.3 is 10.4 Å². The van der Waals surface area contributed by atoms with E-state index in [0.29, 0.717) is 6.42 Å². The third-order valence-electron chi connectivity index (χ3n) is 5.58. The lowest BCUT2D eigenvalue weighted by Crippen LogP contribution is -2.47. The van der Waals surface area contributed by atoms with Gasteiger partial charge in [-0.1, -0.05) is 67.6 Å². The lowest BCUT2D eigenvalue weighted by Gasteiger charge is -2.39. The summed E-state index contributed by atoms with van der Waals surface area (Å²) in [5.41, 5.74) is 2.66. The summed E-state index contributed by atoms with van der Waals surface area (Å²) in [4.78, 5) is 11.7. The van der Waals surface area contributed by atoms with Gasteiger partial charge in [0.05, 0.1) is 0 Å². The van der Waals surface area contributed by atoms with Gasteiger partial charge in [0.25, 0.3) is 0 Å². The second-order valence-corrected chi connectivity index (χ2v) is 7.45. The fourth-order valence-electron chi connectivity index (χ4n) is 3.90. The van der Waals surface area contributed by atoms with Crippen LogP contribution < -0.4 is 5.32 Å². The maximum absolute atomic E-state index is 11.7. The Kier molecular flexibility index (Phi) is 5.54. The zero-order valence-corrected chi connectivity index (χ0v) is 14.8. The van der Waals surface area contributed by atoms with E-state index in [4.69, 9.17) is 0 Å². The molecular weight excluding hydrogens is 310 g/mol. The summed E-state index contributed by atoms with van der Waals surface area (Å²) >= 11 is 0. The topological polar surface area (TPSA) is 49.3 Å². The molecule has 1 aliphatic carbocycles.